The Hall–Kier alpha value is -3.64. The molecule has 4 aromatic rings. The second-order valence-electron chi connectivity index (χ2n) is 7.56. The minimum absolute atomic E-state index is 0.0496. The molecule has 1 fully saturated rings. The van der Waals surface area contributed by atoms with Crippen LogP contribution in [0.25, 0.3) is 5.69 Å². The van der Waals surface area contributed by atoms with Crippen LogP contribution in [0, 0.1) is 0 Å². The van der Waals surface area contributed by atoms with E-state index in [9.17, 15) is 5.11 Å². The number of aromatic nitrogens is 2. The Morgan fingerprint density at radius 2 is 1.68 bits per heavy atom. The van der Waals surface area contributed by atoms with Crippen LogP contribution in [0.2, 0.25) is 0 Å². The maximum atomic E-state index is 9.71. The lowest BCUT2D eigenvalue weighted by Crippen LogP contribution is -2.30. The number of phenols is 1. The van der Waals surface area contributed by atoms with Gasteiger partial charge in [0.05, 0.1) is 17.8 Å². The van der Waals surface area contributed by atoms with Crippen LogP contribution in [0.4, 0.5) is 0 Å². The third-order valence-electron chi connectivity index (χ3n) is 5.60. The summed E-state index contributed by atoms with van der Waals surface area (Å²) in [6.07, 6.45) is 3.86. The number of hydrogen-bond donors (Lipinski definition) is 2. The lowest BCUT2D eigenvalue weighted by Gasteiger charge is -2.29. The number of nitrogens with one attached hydrogen (secondary N) is 1. The third kappa shape index (κ3) is 3.78. The van der Waals surface area contributed by atoms with E-state index >= 15 is 0 Å². The summed E-state index contributed by atoms with van der Waals surface area (Å²) >= 11 is 5.79. The van der Waals surface area contributed by atoms with Crippen LogP contribution in [0.5, 0.6) is 5.75 Å². The summed E-state index contributed by atoms with van der Waals surface area (Å²) in [6, 6.07) is 27.6. The molecule has 0 bridgehead atoms. The molecule has 2 N–H and O–H groups in total. The van der Waals surface area contributed by atoms with Crippen LogP contribution in [-0.4, -0.2) is 24.7 Å². The molecular weight excluding hydrogens is 404 g/mol. The molecule has 1 saturated heterocycles. The standard InChI is InChI=1S/C25H22N4OS/c30-20-13-11-19(12-14-20)28-16-6-10-22(28)24-23(21-9-4-5-15-26-21)27-25(31)29(24)17-18-7-2-1-3-8-18/h1-16,23-24,30H,17H2,(H,27,31)/t23-,24+/m0/s1. The Labute approximate surface area is 186 Å². The molecule has 0 radical (unpaired) electrons. The van der Waals surface area contributed by atoms with Gasteiger partial charge >= 0.3 is 0 Å². The Kier molecular flexibility index (Phi) is 5.14. The van der Waals surface area contributed by atoms with Crippen LogP contribution < -0.4 is 5.32 Å². The molecule has 5 rings (SSSR count). The summed E-state index contributed by atoms with van der Waals surface area (Å²) in [5, 5.41) is 13.9. The van der Waals surface area contributed by atoms with E-state index in [0.29, 0.717) is 11.7 Å². The average Bonchev–Trinajstić information content (AvgIpc) is 3.40. The normalized spacial score (nSPS) is 18.2. The molecule has 154 valence electrons. The zero-order valence-corrected chi connectivity index (χ0v) is 17.6. The van der Waals surface area contributed by atoms with Gasteiger partial charge in [-0.15, -0.1) is 0 Å². The second kappa shape index (κ2) is 8.24. The van der Waals surface area contributed by atoms with Gasteiger partial charge in [0.1, 0.15) is 5.75 Å². The summed E-state index contributed by atoms with van der Waals surface area (Å²) < 4.78 is 2.15. The monoisotopic (exact) mass is 426 g/mol. The van der Waals surface area contributed by atoms with E-state index in [1.807, 2.05) is 67.0 Å². The summed E-state index contributed by atoms with van der Waals surface area (Å²) in [5.41, 5.74) is 4.23. The molecule has 6 heteroatoms. The Morgan fingerprint density at radius 1 is 0.903 bits per heavy atom. The molecule has 5 nitrogen and oxygen atoms in total. The first-order valence-electron chi connectivity index (χ1n) is 10.2. The second-order valence-corrected chi connectivity index (χ2v) is 7.95. The van der Waals surface area contributed by atoms with E-state index in [1.54, 1.807) is 12.1 Å². The number of phenolic OH excluding ortho intramolecular Hbond substituents is 1. The highest BCUT2D eigenvalue weighted by Crippen LogP contribution is 2.40. The molecule has 31 heavy (non-hydrogen) atoms. The van der Waals surface area contributed by atoms with Crippen LogP contribution in [-0.2, 0) is 6.54 Å². The highest BCUT2D eigenvalue weighted by atomic mass is 32.1. The SMILES string of the molecule is Oc1ccc(-n2cccc2[C@@H]2[C@H](c3ccccn3)NC(=S)N2Cc2ccccc2)cc1. The van der Waals surface area contributed by atoms with Gasteiger partial charge < -0.3 is 19.9 Å². The van der Waals surface area contributed by atoms with Crippen molar-refractivity contribution in [1.29, 1.82) is 0 Å². The van der Waals surface area contributed by atoms with Crippen LogP contribution in [0.15, 0.2) is 97.3 Å². The van der Waals surface area contributed by atoms with E-state index < -0.39 is 0 Å². The highest BCUT2D eigenvalue weighted by molar-refractivity contribution is 7.80. The lowest BCUT2D eigenvalue weighted by molar-refractivity contribution is 0.302. The lowest BCUT2D eigenvalue weighted by atomic mass is 10.0. The van der Waals surface area contributed by atoms with Crippen molar-refractivity contribution in [3.63, 3.8) is 0 Å². The zero-order chi connectivity index (χ0) is 21.2. The Balaban J connectivity index is 1.60. The third-order valence-corrected chi connectivity index (χ3v) is 5.96. The summed E-state index contributed by atoms with van der Waals surface area (Å²) in [7, 11) is 0. The molecule has 0 amide bonds. The Morgan fingerprint density at radius 3 is 2.42 bits per heavy atom. The number of benzene rings is 2. The number of pyridine rings is 1. The minimum Gasteiger partial charge on any atom is -0.508 e. The van der Waals surface area contributed by atoms with Crippen molar-refractivity contribution in [2.24, 2.45) is 0 Å². The van der Waals surface area contributed by atoms with Crippen LogP contribution >= 0.6 is 12.2 Å². The molecule has 2 aromatic carbocycles. The van der Waals surface area contributed by atoms with E-state index in [-0.39, 0.29) is 17.8 Å². The maximum Gasteiger partial charge on any atom is 0.170 e. The fraction of sp³-hybridized carbons (Fsp3) is 0.120. The van der Waals surface area contributed by atoms with Gasteiger partial charge in [0.25, 0.3) is 0 Å². The largest absolute Gasteiger partial charge is 0.508 e. The van der Waals surface area contributed by atoms with Crippen molar-refractivity contribution in [2.45, 2.75) is 18.6 Å². The molecule has 2 aromatic heterocycles. The highest BCUT2D eigenvalue weighted by Gasteiger charge is 2.41. The summed E-state index contributed by atoms with van der Waals surface area (Å²) in [5.74, 6) is 0.248. The molecular formula is C25H22N4OS. The van der Waals surface area contributed by atoms with E-state index in [1.165, 1.54) is 5.56 Å². The number of thiocarbonyl (C=S) groups is 1. The first-order valence-corrected chi connectivity index (χ1v) is 10.6. The predicted octanol–water partition coefficient (Wildman–Crippen LogP) is 4.75. The average molecular weight is 427 g/mol. The van der Waals surface area contributed by atoms with Crippen molar-refractivity contribution >= 4 is 17.3 Å². The molecule has 0 saturated carbocycles. The summed E-state index contributed by atoms with van der Waals surface area (Å²) in [6.45, 7) is 0.696. The van der Waals surface area contributed by atoms with Gasteiger partial charge in [0.15, 0.2) is 5.11 Å². The van der Waals surface area contributed by atoms with Gasteiger partial charge in [-0.05, 0) is 66.3 Å². The number of aromatic hydroxyl groups is 1. The smallest absolute Gasteiger partial charge is 0.170 e. The van der Waals surface area contributed by atoms with Gasteiger partial charge in [-0.2, -0.15) is 0 Å². The summed E-state index contributed by atoms with van der Waals surface area (Å²) in [4.78, 5) is 6.85. The van der Waals surface area contributed by atoms with Gasteiger partial charge in [-0.25, -0.2) is 0 Å². The van der Waals surface area contributed by atoms with Crippen molar-refractivity contribution in [2.75, 3.05) is 0 Å². The predicted molar refractivity (Wildman–Crippen MR) is 125 cm³/mol. The van der Waals surface area contributed by atoms with Gasteiger partial charge in [0.2, 0.25) is 0 Å². The fourth-order valence-corrected chi connectivity index (χ4v) is 4.47. The maximum absolute atomic E-state index is 9.71. The van der Waals surface area contributed by atoms with Crippen molar-refractivity contribution in [3.05, 3.63) is 114 Å². The van der Waals surface area contributed by atoms with Crippen molar-refractivity contribution < 1.29 is 5.11 Å². The molecule has 1 aliphatic heterocycles. The van der Waals surface area contributed by atoms with E-state index in [2.05, 4.69) is 38.0 Å². The number of hydrogen-bond acceptors (Lipinski definition) is 3. The van der Waals surface area contributed by atoms with Crippen LogP contribution in [0.3, 0.4) is 0 Å². The molecule has 0 unspecified atom stereocenters. The van der Waals surface area contributed by atoms with Gasteiger partial charge in [-0.3, -0.25) is 4.98 Å². The van der Waals surface area contributed by atoms with Gasteiger partial charge in [0, 0.05) is 30.3 Å². The quantitative estimate of drug-likeness (QED) is 0.451. The van der Waals surface area contributed by atoms with Crippen molar-refractivity contribution in [1.82, 2.24) is 19.8 Å². The molecule has 1 aliphatic rings. The fourth-order valence-electron chi connectivity index (χ4n) is 4.16. The number of nitrogens with zero attached hydrogens (tertiary/aromatic N) is 3. The molecule has 0 spiro atoms. The van der Waals surface area contributed by atoms with Gasteiger partial charge in [-0.1, -0.05) is 36.4 Å². The number of rotatable bonds is 5. The van der Waals surface area contributed by atoms with Crippen molar-refractivity contribution in [3.8, 4) is 11.4 Å². The first-order chi connectivity index (χ1) is 15.2. The molecule has 3 heterocycles. The molecule has 0 aliphatic carbocycles. The topological polar surface area (TPSA) is 53.3 Å². The van der Waals surface area contributed by atoms with E-state index in [4.69, 9.17) is 12.2 Å². The van der Waals surface area contributed by atoms with E-state index in [0.717, 1.165) is 17.1 Å². The zero-order valence-electron chi connectivity index (χ0n) is 16.8. The van der Waals surface area contributed by atoms with Crippen LogP contribution in [0.1, 0.15) is 29.0 Å². The first kappa shape index (κ1) is 19.3. The molecule has 2 atom stereocenters. The Bertz CT molecular complexity index is 1180. The minimum atomic E-state index is -0.0804.